The van der Waals surface area contributed by atoms with Crippen LogP contribution in [-0.2, 0) is 17.3 Å². The normalized spacial score (nSPS) is 13.0. The molecule has 6 heteroatoms. The van der Waals surface area contributed by atoms with Crippen LogP contribution in [0.5, 0.6) is 0 Å². The molecule has 0 amide bonds. The number of nitrogens with one attached hydrogen (secondary N) is 1. The summed E-state index contributed by atoms with van der Waals surface area (Å²) in [6.45, 7) is 4.92. The molecule has 1 aromatic rings. The Morgan fingerprint density at radius 3 is 2.86 bits per heavy atom. The number of aryl methyl sites for hydroxylation is 1. The quantitative estimate of drug-likeness (QED) is 0.691. The second-order valence-electron chi connectivity index (χ2n) is 2.82. The second kappa shape index (κ2) is 5.87. The van der Waals surface area contributed by atoms with E-state index in [1.54, 1.807) is 6.92 Å². The maximum atomic E-state index is 11.0. The minimum absolute atomic E-state index is 0.543. The molecule has 0 aliphatic rings. The number of rotatable bonds is 6. The molecule has 0 radical (unpaired) electrons. The summed E-state index contributed by atoms with van der Waals surface area (Å²) >= 11 is 0. The van der Waals surface area contributed by atoms with Crippen LogP contribution in [0.1, 0.15) is 18.7 Å². The molecule has 0 saturated heterocycles. The zero-order valence-corrected chi connectivity index (χ0v) is 9.26. The van der Waals surface area contributed by atoms with Crippen molar-refractivity contribution in [2.24, 2.45) is 0 Å². The topological polar surface area (TPSA) is 68.0 Å². The standard InChI is InChI=1S/C8H15N3O2S/c1-3-14(12)5-4-9-6-8-11-10-7(2)13-8/h9H,3-6H2,1-2H3. The fraction of sp³-hybridized carbons (Fsp3) is 0.750. The zero-order valence-electron chi connectivity index (χ0n) is 8.45. The summed E-state index contributed by atoms with van der Waals surface area (Å²) in [5, 5.41) is 10.6. The number of hydrogen-bond acceptors (Lipinski definition) is 5. The van der Waals surface area contributed by atoms with Gasteiger partial charge in [-0.2, -0.15) is 0 Å². The number of hydrogen-bond donors (Lipinski definition) is 1. The molecule has 1 aromatic heterocycles. The summed E-state index contributed by atoms with van der Waals surface area (Å²) in [6, 6.07) is 0. The highest BCUT2D eigenvalue weighted by Gasteiger charge is 2.01. The van der Waals surface area contributed by atoms with E-state index in [0.717, 1.165) is 0 Å². The van der Waals surface area contributed by atoms with Crippen LogP contribution in [0.2, 0.25) is 0 Å². The molecule has 1 rings (SSSR count). The lowest BCUT2D eigenvalue weighted by atomic mass is 10.6. The van der Waals surface area contributed by atoms with Gasteiger partial charge in [0.15, 0.2) is 0 Å². The average Bonchev–Trinajstić information content (AvgIpc) is 2.58. The van der Waals surface area contributed by atoms with E-state index in [1.165, 1.54) is 0 Å². The molecule has 0 fully saturated rings. The molecule has 0 saturated carbocycles. The van der Waals surface area contributed by atoms with E-state index in [2.05, 4.69) is 15.5 Å². The highest BCUT2D eigenvalue weighted by Crippen LogP contribution is 1.96. The molecular formula is C8H15N3O2S. The predicted octanol–water partition coefficient (Wildman–Crippen LogP) is 0.236. The highest BCUT2D eigenvalue weighted by molar-refractivity contribution is 7.84. The Balaban J connectivity index is 2.13. The van der Waals surface area contributed by atoms with Crippen LogP contribution in [-0.4, -0.2) is 32.5 Å². The van der Waals surface area contributed by atoms with Gasteiger partial charge >= 0.3 is 0 Å². The van der Waals surface area contributed by atoms with Gasteiger partial charge in [-0.05, 0) is 0 Å². The van der Waals surface area contributed by atoms with Crippen molar-refractivity contribution in [1.82, 2.24) is 15.5 Å². The van der Waals surface area contributed by atoms with Gasteiger partial charge in [-0.3, -0.25) is 4.21 Å². The molecule has 0 spiro atoms. The van der Waals surface area contributed by atoms with E-state index in [1.807, 2.05) is 6.92 Å². The molecule has 0 aromatic carbocycles. The minimum Gasteiger partial charge on any atom is -0.424 e. The SMILES string of the molecule is CCS(=O)CCNCc1nnc(C)o1. The lowest BCUT2D eigenvalue weighted by Gasteiger charge is -1.99. The van der Waals surface area contributed by atoms with Gasteiger partial charge < -0.3 is 9.73 Å². The van der Waals surface area contributed by atoms with Gasteiger partial charge in [0.1, 0.15) is 0 Å². The van der Waals surface area contributed by atoms with E-state index in [0.29, 0.717) is 36.4 Å². The molecular weight excluding hydrogens is 202 g/mol. The lowest BCUT2D eigenvalue weighted by molar-refractivity contribution is 0.450. The smallest absolute Gasteiger partial charge is 0.230 e. The summed E-state index contributed by atoms with van der Waals surface area (Å²) in [4.78, 5) is 0. The molecule has 5 nitrogen and oxygen atoms in total. The molecule has 1 unspecified atom stereocenters. The summed E-state index contributed by atoms with van der Waals surface area (Å²) < 4.78 is 16.2. The Labute approximate surface area is 85.7 Å². The lowest BCUT2D eigenvalue weighted by Crippen LogP contribution is -2.20. The fourth-order valence-electron chi connectivity index (χ4n) is 0.935. The van der Waals surface area contributed by atoms with Crippen LogP contribution >= 0.6 is 0 Å². The van der Waals surface area contributed by atoms with Gasteiger partial charge in [0.05, 0.1) is 6.54 Å². The molecule has 1 atom stereocenters. The van der Waals surface area contributed by atoms with E-state index in [-0.39, 0.29) is 0 Å². The number of nitrogens with zero attached hydrogens (tertiary/aromatic N) is 2. The van der Waals surface area contributed by atoms with E-state index < -0.39 is 10.8 Å². The van der Waals surface area contributed by atoms with Gasteiger partial charge in [-0.1, -0.05) is 6.92 Å². The third-order valence-electron chi connectivity index (χ3n) is 1.67. The first-order chi connectivity index (χ1) is 6.72. The largest absolute Gasteiger partial charge is 0.424 e. The van der Waals surface area contributed by atoms with Gasteiger partial charge in [0.25, 0.3) is 0 Å². The van der Waals surface area contributed by atoms with Crippen molar-refractivity contribution >= 4 is 10.8 Å². The first kappa shape index (κ1) is 11.3. The van der Waals surface area contributed by atoms with Crippen molar-refractivity contribution in [3.63, 3.8) is 0 Å². The maximum Gasteiger partial charge on any atom is 0.230 e. The maximum absolute atomic E-state index is 11.0. The molecule has 14 heavy (non-hydrogen) atoms. The molecule has 1 heterocycles. The second-order valence-corrected chi connectivity index (χ2v) is 4.69. The van der Waals surface area contributed by atoms with Crippen LogP contribution in [0.25, 0.3) is 0 Å². The van der Waals surface area contributed by atoms with Crippen molar-refractivity contribution in [3.8, 4) is 0 Å². The third kappa shape index (κ3) is 3.97. The molecule has 1 N–H and O–H groups in total. The monoisotopic (exact) mass is 217 g/mol. The Hall–Kier alpha value is -0.750. The molecule has 0 aliphatic heterocycles. The summed E-state index contributed by atoms with van der Waals surface area (Å²) in [6.07, 6.45) is 0. The number of aromatic nitrogens is 2. The Kier molecular flexibility index (Phi) is 4.75. The van der Waals surface area contributed by atoms with Crippen molar-refractivity contribution in [3.05, 3.63) is 11.8 Å². The Morgan fingerprint density at radius 2 is 2.29 bits per heavy atom. The summed E-state index contributed by atoms with van der Waals surface area (Å²) in [5.41, 5.74) is 0. The van der Waals surface area contributed by atoms with Crippen molar-refractivity contribution in [1.29, 1.82) is 0 Å². The summed E-state index contributed by atoms with van der Waals surface area (Å²) in [7, 11) is -0.709. The molecule has 0 aliphatic carbocycles. The van der Waals surface area contributed by atoms with Crippen LogP contribution < -0.4 is 5.32 Å². The van der Waals surface area contributed by atoms with Crippen molar-refractivity contribution in [2.45, 2.75) is 20.4 Å². The minimum atomic E-state index is -0.709. The first-order valence-electron chi connectivity index (χ1n) is 4.57. The van der Waals surface area contributed by atoms with Gasteiger partial charge in [-0.15, -0.1) is 10.2 Å². The first-order valence-corrected chi connectivity index (χ1v) is 6.06. The van der Waals surface area contributed by atoms with Crippen LogP contribution in [0.4, 0.5) is 0 Å². The fourth-order valence-corrected chi connectivity index (χ4v) is 1.60. The molecule has 80 valence electrons. The Bertz CT molecular complexity index is 301. The highest BCUT2D eigenvalue weighted by atomic mass is 32.2. The van der Waals surface area contributed by atoms with E-state index in [4.69, 9.17) is 4.42 Å². The van der Waals surface area contributed by atoms with E-state index in [9.17, 15) is 4.21 Å². The van der Waals surface area contributed by atoms with Crippen molar-refractivity contribution < 1.29 is 8.63 Å². The van der Waals surface area contributed by atoms with Crippen molar-refractivity contribution in [2.75, 3.05) is 18.1 Å². The van der Waals surface area contributed by atoms with Crippen LogP contribution in [0, 0.1) is 6.92 Å². The van der Waals surface area contributed by atoms with Crippen LogP contribution in [0.15, 0.2) is 4.42 Å². The van der Waals surface area contributed by atoms with Crippen LogP contribution in [0.3, 0.4) is 0 Å². The van der Waals surface area contributed by atoms with Gasteiger partial charge in [-0.25, -0.2) is 0 Å². The average molecular weight is 217 g/mol. The third-order valence-corrected chi connectivity index (χ3v) is 2.98. The Morgan fingerprint density at radius 1 is 1.50 bits per heavy atom. The molecule has 0 bridgehead atoms. The zero-order chi connectivity index (χ0) is 10.4. The van der Waals surface area contributed by atoms with Gasteiger partial charge in [0, 0.05) is 35.8 Å². The van der Waals surface area contributed by atoms with Gasteiger partial charge in [0.2, 0.25) is 11.8 Å². The van der Waals surface area contributed by atoms with E-state index >= 15 is 0 Å². The summed E-state index contributed by atoms with van der Waals surface area (Å²) in [5.74, 6) is 2.52. The predicted molar refractivity (Wildman–Crippen MR) is 54.3 cm³/mol.